The highest BCUT2D eigenvalue weighted by Crippen LogP contribution is 2.24. The molecule has 0 rings (SSSR count). The minimum absolute atomic E-state index is 0.0606. The van der Waals surface area contributed by atoms with E-state index in [9.17, 15) is 44.4 Å². The van der Waals surface area contributed by atoms with Gasteiger partial charge in [0.1, 0.15) is 11.9 Å². The fourth-order valence-corrected chi connectivity index (χ4v) is 4.90. The van der Waals surface area contributed by atoms with Crippen LogP contribution in [0.3, 0.4) is 0 Å². The number of hydrogen-bond acceptors (Lipinski definition) is 9. The third-order valence-corrected chi connectivity index (χ3v) is 8.13. The monoisotopic (exact) mass is 624 g/mol. The molecule has 0 aromatic heterocycles. The van der Waals surface area contributed by atoms with Crippen LogP contribution in [0.1, 0.15) is 93.4 Å². The van der Waals surface area contributed by atoms with Crippen LogP contribution >= 0.6 is 0 Å². The van der Waals surface area contributed by atoms with Crippen LogP contribution in [0.4, 0.5) is 0 Å². The second-order valence-corrected chi connectivity index (χ2v) is 12.0. The molecule has 0 fully saturated rings. The van der Waals surface area contributed by atoms with Crippen molar-refractivity contribution in [2.24, 2.45) is 23.7 Å². The maximum Gasteiger partial charge on any atom is 0.334 e. The Balaban J connectivity index is 4.86. The Morgan fingerprint density at radius 3 is 1.91 bits per heavy atom. The van der Waals surface area contributed by atoms with Crippen LogP contribution in [0.15, 0.2) is 35.5 Å². The quantitative estimate of drug-likeness (QED) is 0.0662. The SMILES string of the molecule is C=C/C(=C/C(=O)CC(C)CC(C)CCC(O)C(C)C(=O)CC(O)C(C)C(C)OC(=O)CC(O)/C(C(=O)O)=C(\C)C(=O)O)CC. The number of carbonyl (C=O) groups excluding carboxylic acids is 3. The first-order valence-electron chi connectivity index (χ1n) is 15.1. The number of aliphatic hydroxyl groups excluding tert-OH is 3. The molecule has 11 nitrogen and oxygen atoms in total. The third kappa shape index (κ3) is 14.5. The lowest BCUT2D eigenvalue weighted by atomic mass is 9.85. The average Bonchev–Trinajstić information content (AvgIpc) is 2.92. The summed E-state index contributed by atoms with van der Waals surface area (Å²) in [6, 6.07) is 0. The summed E-state index contributed by atoms with van der Waals surface area (Å²) in [7, 11) is 0. The first kappa shape index (κ1) is 40.9. The van der Waals surface area contributed by atoms with Gasteiger partial charge in [-0.25, -0.2) is 9.59 Å². The van der Waals surface area contributed by atoms with E-state index in [1.165, 1.54) is 6.92 Å². The van der Waals surface area contributed by atoms with E-state index in [1.807, 2.05) is 20.8 Å². The maximum absolute atomic E-state index is 12.8. The molecule has 0 aromatic rings. The Hall–Kier alpha value is -3.15. The summed E-state index contributed by atoms with van der Waals surface area (Å²) in [5.41, 5.74) is -0.557. The number of hydrogen-bond donors (Lipinski definition) is 5. The van der Waals surface area contributed by atoms with Crippen molar-refractivity contribution in [1.82, 2.24) is 0 Å². The zero-order chi connectivity index (χ0) is 34.3. The van der Waals surface area contributed by atoms with E-state index in [0.29, 0.717) is 19.3 Å². The standard InChI is InChI=1S/C33H52O11/c1-9-24(10-2)15-25(34)14-19(4)13-18(3)11-12-26(35)21(6)28(37)16-27(36)20(5)23(8)44-30(39)17-29(38)31(33(42)43)22(7)32(40)41/h9,15,18-21,23,26-27,29,35-36,38H,1,10-14,16-17H2,2-8H3,(H,40,41)(H,42,43)/b24-15-,31-22-. The Bertz CT molecular complexity index is 1070. The molecule has 11 heteroatoms. The first-order valence-corrected chi connectivity index (χ1v) is 15.1. The van der Waals surface area contributed by atoms with Gasteiger partial charge in [-0.3, -0.25) is 14.4 Å². The Morgan fingerprint density at radius 1 is 0.818 bits per heavy atom. The van der Waals surface area contributed by atoms with Crippen molar-refractivity contribution in [2.45, 2.75) is 118 Å². The number of carboxylic acids is 2. The van der Waals surface area contributed by atoms with Crippen LogP contribution in [0.2, 0.25) is 0 Å². The molecular weight excluding hydrogens is 572 g/mol. The summed E-state index contributed by atoms with van der Waals surface area (Å²) >= 11 is 0. The van der Waals surface area contributed by atoms with Gasteiger partial charge in [0.05, 0.1) is 30.3 Å². The minimum Gasteiger partial charge on any atom is -0.478 e. The number of aliphatic hydroxyl groups is 3. The number of ketones is 2. The molecule has 0 aliphatic rings. The Labute approximate surface area is 260 Å². The van der Waals surface area contributed by atoms with Crippen molar-refractivity contribution in [3.05, 3.63) is 35.5 Å². The molecule has 0 radical (unpaired) electrons. The van der Waals surface area contributed by atoms with Crippen LogP contribution in [-0.2, 0) is 28.7 Å². The molecule has 0 spiro atoms. The number of rotatable bonds is 22. The topological polar surface area (TPSA) is 196 Å². The van der Waals surface area contributed by atoms with Crippen molar-refractivity contribution >= 4 is 29.5 Å². The Morgan fingerprint density at radius 2 is 1.41 bits per heavy atom. The molecule has 5 N–H and O–H groups in total. The van der Waals surface area contributed by atoms with Crippen molar-refractivity contribution in [3.63, 3.8) is 0 Å². The number of carboxylic acid groups (broad SMARTS) is 2. The molecule has 0 aromatic carbocycles. The molecule has 250 valence electrons. The van der Waals surface area contributed by atoms with Crippen LogP contribution < -0.4 is 0 Å². The van der Waals surface area contributed by atoms with Gasteiger partial charge in [-0.2, -0.15) is 0 Å². The summed E-state index contributed by atoms with van der Waals surface area (Å²) in [4.78, 5) is 59.8. The molecular formula is C33H52O11. The molecule has 0 saturated carbocycles. The fraction of sp³-hybridized carbons (Fsp3) is 0.667. The van der Waals surface area contributed by atoms with Gasteiger partial charge in [0.25, 0.3) is 0 Å². The zero-order valence-electron chi connectivity index (χ0n) is 27.1. The number of aliphatic carboxylic acids is 2. The zero-order valence-corrected chi connectivity index (χ0v) is 27.1. The summed E-state index contributed by atoms with van der Waals surface area (Å²) < 4.78 is 5.20. The van der Waals surface area contributed by atoms with Gasteiger partial charge in [-0.05, 0) is 63.0 Å². The van der Waals surface area contributed by atoms with E-state index in [2.05, 4.69) is 6.58 Å². The predicted octanol–water partition coefficient (Wildman–Crippen LogP) is 4.03. The second kappa shape index (κ2) is 20.0. The molecule has 0 aliphatic carbocycles. The summed E-state index contributed by atoms with van der Waals surface area (Å²) in [5.74, 6) is -5.64. The van der Waals surface area contributed by atoms with Crippen molar-refractivity contribution in [2.75, 3.05) is 0 Å². The van der Waals surface area contributed by atoms with Crippen LogP contribution in [0.25, 0.3) is 0 Å². The lowest BCUT2D eigenvalue weighted by molar-refractivity contribution is -0.154. The molecule has 8 unspecified atom stereocenters. The van der Waals surface area contributed by atoms with E-state index in [4.69, 9.17) is 9.84 Å². The smallest absolute Gasteiger partial charge is 0.334 e. The first-order chi connectivity index (χ1) is 20.4. The van der Waals surface area contributed by atoms with Gasteiger partial charge in [-0.15, -0.1) is 0 Å². The highest BCUT2D eigenvalue weighted by atomic mass is 16.5. The largest absolute Gasteiger partial charge is 0.478 e. The van der Waals surface area contributed by atoms with Gasteiger partial charge in [0.2, 0.25) is 0 Å². The average molecular weight is 625 g/mol. The van der Waals surface area contributed by atoms with Gasteiger partial charge in [0, 0.05) is 30.3 Å². The van der Waals surface area contributed by atoms with E-state index in [1.54, 1.807) is 26.0 Å². The van der Waals surface area contributed by atoms with Crippen molar-refractivity contribution < 1.29 is 54.2 Å². The lowest BCUT2D eigenvalue weighted by Crippen LogP contribution is -2.36. The van der Waals surface area contributed by atoms with E-state index >= 15 is 0 Å². The highest BCUT2D eigenvalue weighted by molar-refractivity contribution is 5.99. The maximum atomic E-state index is 12.8. The third-order valence-electron chi connectivity index (χ3n) is 8.13. The molecule has 0 bridgehead atoms. The fourth-order valence-electron chi connectivity index (χ4n) is 4.90. The summed E-state index contributed by atoms with van der Waals surface area (Å²) in [6.45, 7) is 15.3. The lowest BCUT2D eigenvalue weighted by Gasteiger charge is -2.27. The summed E-state index contributed by atoms with van der Waals surface area (Å²) in [6.07, 6.45) is 0.221. The van der Waals surface area contributed by atoms with E-state index < -0.39 is 71.7 Å². The second-order valence-electron chi connectivity index (χ2n) is 12.0. The predicted molar refractivity (Wildman–Crippen MR) is 164 cm³/mol. The number of ether oxygens (including phenoxy) is 1. The van der Waals surface area contributed by atoms with E-state index in [-0.39, 0.29) is 29.8 Å². The summed E-state index contributed by atoms with van der Waals surface area (Å²) in [5, 5.41) is 49.6. The molecule has 0 aliphatic heterocycles. The van der Waals surface area contributed by atoms with Gasteiger partial charge < -0.3 is 30.3 Å². The van der Waals surface area contributed by atoms with E-state index in [0.717, 1.165) is 25.3 Å². The number of Topliss-reactive ketones (excluding diaryl/α,β-unsaturated/α-hetero) is 1. The van der Waals surface area contributed by atoms with Crippen LogP contribution in [-0.4, -0.2) is 79.4 Å². The normalized spacial score (nSPS) is 18.0. The Kier molecular flexibility index (Phi) is 18.6. The minimum atomic E-state index is -1.92. The van der Waals surface area contributed by atoms with Crippen LogP contribution in [0, 0.1) is 23.7 Å². The van der Waals surface area contributed by atoms with Crippen molar-refractivity contribution in [1.29, 1.82) is 0 Å². The molecule has 0 amide bonds. The highest BCUT2D eigenvalue weighted by Gasteiger charge is 2.31. The van der Waals surface area contributed by atoms with Crippen molar-refractivity contribution in [3.8, 4) is 0 Å². The van der Waals surface area contributed by atoms with Gasteiger partial charge in [0.15, 0.2) is 5.78 Å². The van der Waals surface area contributed by atoms with Gasteiger partial charge in [-0.1, -0.05) is 47.3 Å². The number of esters is 1. The molecule has 8 atom stereocenters. The van der Waals surface area contributed by atoms with Gasteiger partial charge >= 0.3 is 17.9 Å². The number of allylic oxidation sites excluding steroid dienone is 3. The van der Waals surface area contributed by atoms with Crippen LogP contribution in [0.5, 0.6) is 0 Å². The molecule has 0 heterocycles. The molecule has 44 heavy (non-hydrogen) atoms. The molecule has 0 saturated heterocycles. The number of carbonyl (C=O) groups is 5.